The minimum absolute atomic E-state index is 0.236. The number of piperidine rings is 1. The number of fused-ring (bicyclic) bond motifs is 1. The van der Waals surface area contributed by atoms with Crippen molar-refractivity contribution in [3.63, 3.8) is 0 Å². The monoisotopic (exact) mass is 373 g/mol. The molecule has 5 nitrogen and oxygen atoms in total. The lowest BCUT2D eigenvalue weighted by Gasteiger charge is -2.44. The Morgan fingerprint density at radius 1 is 1.00 bits per heavy atom. The fourth-order valence-corrected chi connectivity index (χ4v) is 5.28. The summed E-state index contributed by atoms with van der Waals surface area (Å²) in [6.45, 7) is 0.965. The van der Waals surface area contributed by atoms with Crippen LogP contribution in [0.5, 0.6) is 11.5 Å². The maximum atomic E-state index is 12.9. The molecule has 1 saturated heterocycles. The smallest absolute Gasteiger partial charge is 0.243 e. The van der Waals surface area contributed by atoms with Crippen molar-refractivity contribution in [1.29, 1.82) is 0 Å². The van der Waals surface area contributed by atoms with E-state index in [9.17, 15) is 8.42 Å². The van der Waals surface area contributed by atoms with Gasteiger partial charge in [-0.1, -0.05) is 18.2 Å². The van der Waals surface area contributed by atoms with Crippen LogP contribution < -0.4 is 9.47 Å². The lowest BCUT2D eigenvalue weighted by Crippen LogP contribution is -2.51. The molecule has 2 aromatic rings. The largest absolute Gasteiger partial charge is 0.497 e. The Kier molecular flexibility index (Phi) is 4.40. The van der Waals surface area contributed by atoms with Crippen LogP contribution in [0.25, 0.3) is 0 Å². The summed E-state index contributed by atoms with van der Waals surface area (Å²) in [5, 5.41) is 0. The second kappa shape index (κ2) is 6.59. The molecule has 1 fully saturated rings. The average molecular weight is 373 g/mol. The number of para-hydroxylation sites is 1. The number of hydrogen-bond donors (Lipinski definition) is 0. The number of rotatable bonds is 3. The molecule has 0 atom stereocenters. The van der Waals surface area contributed by atoms with Gasteiger partial charge in [0.2, 0.25) is 10.0 Å². The first-order valence-corrected chi connectivity index (χ1v) is 10.4. The molecular weight excluding hydrogens is 350 g/mol. The lowest BCUT2D eigenvalue weighted by atomic mass is 9.84. The third kappa shape index (κ3) is 3.08. The summed E-state index contributed by atoms with van der Waals surface area (Å²) in [6, 6.07) is 14.7. The van der Waals surface area contributed by atoms with Crippen LogP contribution in [0, 0.1) is 0 Å². The topological polar surface area (TPSA) is 55.8 Å². The van der Waals surface area contributed by atoms with Crippen LogP contribution in [0.15, 0.2) is 53.4 Å². The molecule has 26 heavy (non-hydrogen) atoms. The highest BCUT2D eigenvalue weighted by molar-refractivity contribution is 7.89. The van der Waals surface area contributed by atoms with Crippen LogP contribution in [-0.2, 0) is 16.4 Å². The molecule has 0 N–H and O–H groups in total. The van der Waals surface area contributed by atoms with Gasteiger partial charge in [0.25, 0.3) is 0 Å². The number of benzene rings is 2. The van der Waals surface area contributed by atoms with Crippen LogP contribution in [-0.4, -0.2) is 38.5 Å². The van der Waals surface area contributed by atoms with E-state index in [4.69, 9.17) is 9.47 Å². The van der Waals surface area contributed by atoms with E-state index in [1.807, 2.05) is 18.2 Å². The molecule has 0 aromatic heterocycles. The molecule has 0 bridgehead atoms. The van der Waals surface area contributed by atoms with Crippen LogP contribution in [0.2, 0.25) is 0 Å². The van der Waals surface area contributed by atoms with Gasteiger partial charge in [-0.2, -0.15) is 4.31 Å². The normalized spacial score (nSPS) is 19.6. The quantitative estimate of drug-likeness (QED) is 0.829. The van der Waals surface area contributed by atoms with Crippen LogP contribution >= 0.6 is 0 Å². The number of sulfonamides is 1. The van der Waals surface area contributed by atoms with Crippen molar-refractivity contribution in [2.75, 3.05) is 20.2 Å². The Morgan fingerprint density at radius 3 is 2.38 bits per heavy atom. The van der Waals surface area contributed by atoms with E-state index < -0.39 is 10.0 Å². The Morgan fingerprint density at radius 2 is 1.69 bits per heavy atom. The molecule has 2 aliphatic rings. The molecule has 0 unspecified atom stereocenters. The van der Waals surface area contributed by atoms with Crippen molar-refractivity contribution >= 4 is 10.0 Å². The maximum Gasteiger partial charge on any atom is 0.243 e. The van der Waals surface area contributed by atoms with Crippen LogP contribution in [0.1, 0.15) is 24.8 Å². The molecule has 2 aliphatic heterocycles. The van der Waals surface area contributed by atoms with E-state index in [1.165, 1.54) is 5.56 Å². The van der Waals surface area contributed by atoms with E-state index in [1.54, 1.807) is 35.7 Å². The highest BCUT2D eigenvalue weighted by Gasteiger charge is 2.42. The van der Waals surface area contributed by atoms with Gasteiger partial charge in [-0.3, -0.25) is 0 Å². The van der Waals surface area contributed by atoms with Gasteiger partial charge < -0.3 is 9.47 Å². The molecule has 1 spiro atoms. The summed E-state index contributed by atoms with van der Waals surface area (Å²) in [5.74, 6) is 1.60. The van der Waals surface area contributed by atoms with Gasteiger partial charge in [0, 0.05) is 25.9 Å². The summed E-state index contributed by atoms with van der Waals surface area (Å²) in [4.78, 5) is 0.309. The summed E-state index contributed by atoms with van der Waals surface area (Å²) in [5.41, 5.74) is 1.01. The average Bonchev–Trinajstić information content (AvgIpc) is 2.68. The van der Waals surface area contributed by atoms with E-state index in [-0.39, 0.29) is 5.60 Å². The number of ether oxygens (including phenoxy) is 2. The molecule has 138 valence electrons. The zero-order chi connectivity index (χ0) is 18.2. The Labute approximate surface area is 154 Å². The van der Waals surface area contributed by atoms with Gasteiger partial charge in [0.15, 0.2) is 0 Å². The first-order chi connectivity index (χ1) is 12.5. The number of methoxy groups -OCH3 is 1. The minimum Gasteiger partial charge on any atom is -0.497 e. The summed E-state index contributed by atoms with van der Waals surface area (Å²) in [6.07, 6.45) is 3.37. The summed E-state index contributed by atoms with van der Waals surface area (Å²) >= 11 is 0. The molecule has 0 saturated carbocycles. The predicted molar refractivity (Wildman–Crippen MR) is 99.1 cm³/mol. The predicted octanol–water partition coefficient (Wildman–Crippen LogP) is 3.24. The molecule has 0 radical (unpaired) electrons. The van der Waals surface area contributed by atoms with Crippen molar-refractivity contribution in [1.82, 2.24) is 4.31 Å². The second-order valence-electron chi connectivity index (χ2n) is 6.97. The van der Waals surface area contributed by atoms with Gasteiger partial charge in [0.05, 0.1) is 12.0 Å². The van der Waals surface area contributed by atoms with Gasteiger partial charge in [0.1, 0.15) is 17.1 Å². The highest BCUT2D eigenvalue weighted by Crippen LogP contribution is 2.40. The van der Waals surface area contributed by atoms with Gasteiger partial charge >= 0.3 is 0 Å². The molecule has 0 aliphatic carbocycles. The van der Waals surface area contributed by atoms with Gasteiger partial charge in [-0.15, -0.1) is 0 Å². The fraction of sp³-hybridized carbons (Fsp3) is 0.400. The minimum atomic E-state index is -3.48. The second-order valence-corrected chi connectivity index (χ2v) is 8.91. The fourth-order valence-electron chi connectivity index (χ4n) is 3.84. The van der Waals surface area contributed by atoms with E-state index in [0.717, 1.165) is 31.4 Å². The van der Waals surface area contributed by atoms with Gasteiger partial charge in [-0.25, -0.2) is 8.42 Å². The van der Waals surface area contributed by atoms with Crippen molar-refractivity contribution in [2.24, 2.45) is 0 Å². The molecular formula is C20H23NO4S. The third-order valence-electron chi connectivity index (χ3n) is 5.48. The standard InChI is InChI=1S/C20H23NO4S/c1-24-17-6-8-18(9-7-17)26(22,23)21-14-12-20(13-15-21)11-10-16-4-2-3-5-19(16)25-20/h2-9H,10-15H2,1H3. The highest BCUT2D eigenvalue weighted by atomic mass is 32.2. The van der Waals surface area contributed by atoms with Crippen molar-refractivity contribution in [2.45, 2.75) is 36.2 Å². The Hall–Kier alpha value is -2.05. The number of aryl methyl sites for hydroxylation is 1. The van der Waals surface area contributed by atoms with Gasteiger partial charge in [-0.05, 0) is 48.7 Å². The maximum absolute atomic E-state index is 12.9. The molecule has 2 aromatic carbocycles. The Bertz CT molecular complexity index is 884. The number of nitrogens with zero attached hydrogens (tertiary/aromatic N) is 1. The zero-order valence-corrected chi connectivity index (χ0v) is 15.7. The molecule has 4 rings (SSSR count). The van der Waals surface area contributed by atoms with Crippen molar-refractivity contribution in [3.05, 3.63) is 54.1 Å². The van der Waals surface area contributed by atoms with Crippen LogP contribution in [0.3, 0.4) is 0 Å². The van der Waals surface area contributed by atoms with E-state index in [2.05, 4.69) is 6.07 Å². The summed E-state index contributed by atoms with van der Waals surface area (Å²) < 4.78 is 38.8. The third-order valence-corrected chi connectivity index (χ3v) is 7.39. The molecule has 6 heteroatoms. The number of hydrogen-bond acceptors (Lipinski definition) is 4. The van der Waals surface area contributed by atoms with Crippen molar-refractivity contribution in [3.8, 4) is 11.5 Å². The summed E-state index contributed by atoms with van der Waals surface area (Å²) in [7, 11) is -1.92. The lowest BCUT2D eigenvalue weighted by molar-refractivity contribution is 0.00181. The van der Waals surface area contributed by atoms with Crippen molar-refractivity contribution < 1.29 is 17.9 Å². The first kappa shape index (κ1) is 17.4. The molecule has 0 amide bonds. The molecule has 2 heterocycles. The first-order valence-electron chi connectivity index (χ1n) is 8.94. The Balaban J connectivity index is 1.48. The zero-order valence-electron chi connectivity index (χ0n) is 14.8. The SMILES string of the molecule is COc1ccc(S(=O)(=O)N2CCC3(CCc4ccccc4O3)CC2)cc1. The van der Waals surface area contributed by atoms with E-state index in [0.29, 0.717) is 23.7 Å². The van der Waals surface area contributed by atoms with E-state index >= 15 is 0 Å². The van der Waals surface area contributed by atoms with Crippen LogP contribution in [0.4, 0.5) is 0 Å².